The summed E-state index contributed by atoms with van der Waals surface area (Å²) in [7, 11) is 3.57. The number of amides is 1. The van der Waals surface area contributed by atoms with Gasteiger partial charge in [0, 0.05) is 32.2 Å². The van der Waals surface area contributed by atoms with Crippen LogP contribution in [-0.4, -0.2) is 57.2 Å². The molecule has 1 saturated heterocycles. The van der Waals surface area contributed by atoms with E-state index in [9.17, 15) is 4.79 Å². The van der Waals surface area contributed by atoms with E-state index in [0.717, 1.165) is 36.8 Å². The number of likely N-dealkylation sites (tertiary alicyclic amines) is 1. The van der Waals surface area contributed by atoms with E-state index in [1.54, 1.807) is 19.0 Å². The van der Waals surface area contributed by atoms with E-state index in [1.165, 1.54) is 18.4 Å². The van der Waals surface area contributed by atoms with Gasteiger partial charge in [0.25, 0.3) is 5.91 Å². The predicted octanol–water partition coefficient (Wildman–Crippen LogP) is 2.26. The molecular weight excluding hydrogens is 314 g/mol. The highest BCUT2D eigenvalue weighted by molar-refractivity contribution is 5.94. The number of aromatic nitrogens is 3. The van der Waals surface area contributed by atoms with Gasteiger partial charge in [-0.15, -0.1) is 0 Å². The third kappa shape index (κ3) is 4.07. The van der Waals surface area contributed by atoms with Crippen molar-refractivity contribution in [2.45, 2.75) is 45.8 Å². The van der Waals surface area contributed by atoms with Crippen molar-refractivity contribution in [3.63, 3.8) is 0 Å². The monoisotopic (exact) mass is 341 g/mol. The Labute approximate surface area is 149 Å². The summed E-state index contributed by atoms with van der Waals surface area (Å²) in [4.78, 5) is 20.7. The quantitative estimate of drug-likeness (QED) is 0.837. The van der Waals surface area contributed by atoms with Crippen LogP contribution in [0.2, 0.25) is 0 Å². The summed E-state index contributed by atoms with van der Waals surface area (Å²) in [6.07, 6.45) is 2.38. The lowest BCUT2D eigenvalue weighted by Gasteiger charge is -2.25. The molecule has 6 heteroatoms. The van der Waals surface area contributed by atoms with Gasteiger partial charge < -0.3 is 4.90 Å². The number of carbonyl (C=O) groups is 1. The Morgan fingerprint density at radius 3 is 2.80 bits per heavy atom. The molecule has 134 valence electrons. The van der Waals surface area contributed by atoms with Gasteiger partial charge in [0.15, 0.2) is 0 Å². The van der Waals surface area contributed by atoms with Crippen molar-refractivity contribution in [1.29, 1.82) is 0 Å². The van der Waals surface area contributed by atoms with Gasteiger partial charge in [0.2, 0.25) is 0 Å². The maximum absolute atomic E-state index is 12.2. The molecular formula is C19H27N5O. The third-order valence-electron chi connectivity index (χ3n) is 4.81. The van der Waals surface area contributed by atoms with Crippen LogP contribution in [0.15, 0.2) is 24.3 Å². The molecule has 2 aromatic rings. The molecule has 1 aromatic carbocycles. The standard InChI is InChI=1S/C19H27N5O/c1-14-20-15(2)24(21-14)13-18-9-6-10-23(18)12-16-7-5-8-17(11-16)19(25)22(3)4/h5,7-8,11,18H,6,9-10,12-13H2,1-4H3. The van der Waals surface area contributed by atoms with Crippen LogP contribution in [0.3, 0.4) is 0 Å². The summed E-state index contributed by atoms with van der Waals surface area (Å²) in [5, 5.41) is 4.50. The van der Waals surface area contributed by atoms with Crippen LogP contribution in [0, 0.1) is 13.8 Å². The minimum Gasteiger partial charge on any atom is -0.345 e. The average molecular weight is 341 g/mol. The molecule has 2 heterocycles. The van der Waals surface area contributed by atoms with Crippen molar-refractivity contribution < 1.29 is 4.79 Å². The van der Waals surface area contributed by atoms with Gasteiger partial charge in [-0.2, -0.15) is 5.10 Å². The van der Waals surface area contributed by atoms with Crippen LogP contribution >= 0.6 is 0 Å². The van der Waals surface area contributed by atoms with Crippen molar-refractivity contribution in [3.8, 4) is 0 Å². The molecule has 1 amide bonds. The van der Waals surface area contributed by atoms with Crippen LogP contribution in [0.25, 0.3) is 0 Å². The molecule has 3 rings (SSSR count). The molecule has 1 fully saturated rings. The smallest absolute Gasteiger partial charge is 0.253 e. The summed E-state index contributed by atoms with van der Waals surface area (Å²) in [5.74, 6) is 1.86. The van der Waals surface area contributed by atoms with Gasteiger partial charge in [0.05, 0.1) is 6.54 Å². The fourth-order valence-corrected chi connectivity index (χ4v) is 3.54. The highest BCUT2D eigenvalue weighted by Gasteiger charge is 2.26. The molecule has 0 aliphatic carbocycles. The molecule has 1 aliphatic heterocycles. The van der Waals surface area contributed by atoms with Crippen LogP contribution in [0.5, 0.6) is 0 Å². The molecule has 1 unspecified atom stereocenters. The zero-order chi connectivity index (χ0) is 18.0. The van der Waals surface area contributed by atoms with E-state index >= 15 is 0 Å². The van der Waals surface area contributed by atoms with E-state index in [2.05, 4.69) is 21.0 Å². The van der Waals surface area contributed by atoms with Crippen molar-refractivity contribution >= 4 is 5.91 Å². The maximum atomic E-state index is 12.2. The second-order valence-corrected chi connectivity index (χ2v) is 7.05. The molecule has 25 heavy (non-hydrogen) atoms. The zero-order valence-corrected chi connectivity index (χ0v) is 15.6. The lowest BCUT2D eigenvalue weighted by Crippen LogP contribution is -2.33. The Bertz CT molecular complexity index is 752. The Kier molecular flexibility index (Phi) is 5.18. The first-order valence-electron chi connectivity index (χ1n) is 8.86. The summed E-state index contributed by atoms with van der Waals surface area (Å²) >= 11 is 0. The fourth-order valence-electron chi connectivity index (χ4n) is 3.54. The molecule has 1 aromatic heterocycles. The van der Waals surface area contributed by atoms with Crippen LogP contribution in [0.1, 0.15) is 40.4 Å². The first kappa shape index (κ1) is 17.6. The summed E-state index contributed by atoms with van der Waals surface area (Å²) in [5.41, 5.74) is 1.94. The van der Waals surface area contributed by atoms with E-state index in [0.29, 0.717) is 6.04 Å². The Morgan fingerprint density at radius 1 is 1.32 bits per heavy atom. The summed E-state index contributed by atoms with van der Waals surface area (Å²) in [6.45, 7) is 6.77. The highest BCUT2D eigenvalue weighted by atomic mass is 16.2. The highest BCUT2D eigenvalue weighted by Crippen LogP contribution is 2.22. The number of aryl methyl sites for hydroxylation is 2. The van der Waals surface area contributed by atoms with E-state index in [4.69, 9.17) is 0 Å². The van der Waals surface area contributed by atoms with E-state index in [-0.39, 0.29) is 5.91 Å². The summed E-state index contributed by atoms with van der Waals surface area (Å²) in [6, 6.07) is 8.44. The molecule has 0 radical (unpaired) electrons. The van der Waals surface area contributed by atoms with Crippen LogP contribution in [0.4, 0.5) is 0 Å². The van der Waals surface area contributed by atoms with Gasteiger partial charge in [-0.3, -0.25) is 9.69 Å². The van der Waals surface area contributed by atoms with Crippen molar-refractivity contribution in [1.82, 2.24) is 24.6 Å². The van der Waals surface area contributed by atoms with Crippen molar-refractivity contribution in [2.75, 3.05) is 20.6 Å². The molecule has 0 spiro atoms. The fraction of sp³-hybridized carbons (Fsp3) is 0.526. The minimum atomic E-state index is 0.0496. The van der Waals surface area contributed by atoms with Gasteiger partial charge >= 0.3 is 0 Å². The van der Waals surface area contributed by atoms with Gasteiger partial charge in [0.1, 0.15) is 11.6 Å². The molecule has 1 atom stereocenters. The van der Waals surface area contributed by atoms with E-state index < -0.39 is 0 Å². The second kappa shape index (κ2) is 7.35. The molecule has 0 N–H and O–H groups in total. The number of hydrogen-bond acceptors (Lipinski definition) is 4. The summed E-state index contributed by atoms with van der Waals surface area (Å²) < 4.78 is 2.02. The largest absolute Gasteiger partial charge is 0.345 e. The minimum absolute atomic E-state index is 0.0496. The normalized spacial score (nSPS) is 17.8. The predicted molar refractivity (Wildman–Crippen MR) is 97.4 cm³/mol. The lowest BCUT2D eigenvalue weighted by molar-refractivity contribution is 0.0827. The maximum Gasteiger partial charge on any atom is 0.253 e. The van der Waals surface area contributed by atoms with Gasteiger partial charge in [-0.05, 0) is 50.9 Å². The topological polar surface area (TPSA) is 54.3 Å². The number of hydrogen-bond donors (Lipinski definition) is 0. The van der Waals surface area contributed by atoms with Crippen molar-refractivity contribution in [3.05, 3.63) is 47.0 Å². The molecule has 6 nitrogen and oxygen atoms in total. The Balaban J connectivity index is 1.70. The third-order valence-corrected chi connectivity index (χ3v) is 4.81. The van der Waals surface area contributed by atoms with Crippen LogP contribution < -0.4 is 0 Å². The van der Waals surface area contributed by atoms with Gasteiger partial charge in [-0.1, -0.05) is 12.1 Å². The van der Waals surface area contributed by atoms with Crippen molar-refractivity contribution in [2.24, 2.45) is 0 Å². The SMILES string of the molecule is Cc1nc(C)n(CC2CCCN2Cc2cccc(C(=O)N(C)C)c2)n1. The van der Waals surface area contributed by atoms with E-state index in [1.807, 2.05) is 36.7 Å². The second-order valence-electron chi connectivity index (χ2n) is 7.05. The number of benzene rings is 1. The first-order valence-corrected chi connectivity index (χ1v) is 8.86. The molecule has 1 aliphatic rings. The zero-order valence-electron chi connectivity index (χ0n) is 15.6. The Morgan fingerprint density at radius 2 is 2.12 bits per heavy atom. The number of nitrogens with zero attached hydrogens (tertiary/aromatic N) is 5. The average Bonchev–Trinajstić information content (AvgIpc) is 3.13. The van der Waals surface area contributed by atoms with Gasteiger partial charge in [-0.25, -0.2) is 9.67 Å². The first-order chi connectivity index (χ1) is 11.9. The molecule has 0 bridgehead atoms. The molecule has 0 saturated carbocycles. The van der Waals surface area contributed by atoms with Crippen LogP contribution in [-0.2, 0) is 13.1 Å². The Hall–Kier alpha value is -2.21. The number of rotatable bonds is 5. The lowest BCUT2D eigenvalue weighted by atomic mass is 10.1. The number of carbonyl (C=O) groups excluding carboxylic acids is 1.